The zero-order chi connectivity index (χ0) is 13.8. The van der Waals surface area contributed by atoms with Gasteiger partial charge in [0.05, 0.1) is 6.10 Å². The predicted octanol–water partition coefficient (Wildman–Crippen LogP) is 2.07. The number of rotatable bonds is 4. The van der Waals surface area contributed by atoms with Crippen molar-refractivity contribution in [1.29, 1.82) is 0 Å². The lowest BCUT2D eigenvalue weighted by molar-refractivity contribution is 0.0893. The van der Waals surface area contributed by atoms with Gasteiger partial charge in [-0.3, -0.25) is 4.90 Å². The molecule has 3 unspecified atom stereocenters. The van der Waals surface area contributed by atoms with Crippen LogP contribution in [0.15, 0.2) is 30.3 Å². The minimum Gasteiger partial charge on any atom is -0.381 e. The Kier molecular flexibility index (Phi) is 4.71. The van der Waals surface area contributed by atoms with Crippen LogP contribution in [-0.4, -0.2) is 49.8 Å². The predicted molar refractivity (Wildman–Crippen MR) is 81.9 cm³/mol. The maximum Gasteiger partial charge on any atom is 0.0586 e. The Morgan fingerprint density at radius 3 is 2.85 bits per heavy atom. The Hall–Kier alpha value is -0.900. The molecule has 1 N–H and O–H groups in total. The number of ether oxygens (including phenoxy) is 1. The summed E-state index contributed by atoms with van der Waals surface area (Å²) in [5.41, 5.74) is 1.44. The number of benzene rings is 1. The SMILES string of the molecule is COC1CCC(N2CCNC(Cc3ccccc3)C2)C1. The highest BCUT2D eigenvalue weighted by molar-refractivity contribution is 5.16. The molecule has 20 heavy (non-hydrogen) atoms. The van der Waals surface area contributed by atoms with Crippen molar-refractivity contribution in [2.45, 2.75) is 43.9 Å². The molecule has 0 radical (unpaired) electrons. The van der Waals surface area contributed by atoms with Crippen LogP contribution in [0.4, 0.5) is 0 Å². The molecule has 3 heteroatoms. The maximum absolute atomic E-state index is 5.51. The van der Waals surface area contributed by atoms with Crippen LogP contribution in [0.1, 0.15) is 24.8 Å². The molecule has 0 aromatic heterocycles. The normalized spacial score (nSPS) is 31.6. The van der Waals surface area contributed by atoms with Crippen LogP contribution < -0.4 is 5.32 Å². The molecule has 1 aromatic rings. The van der Waals surface area contributed by atoms with E-state index in [-0.39, 0.29) is 0 Å². The molecule has 110 valence electrons. The van der Waals surface area contributed by atoms with E-state index in [0.29, 0.717) is 12.1 Å². The number of hydrogen-bond acceptors (Lipinski definition) is 3. The molecule has 1 heterocycles. The van der Waals surface area contributed by atoms with Crippen LogP contribution in [0.2, 0.25) is 0 Å². The monoisotopic (exact) mass is 274 g/mol. The highest BCUT2D eigenvalue weighted by atomic mass is 16.5. The van der Waals surface area contributed by atoms with Gasteiger partial charge in [-0.15, -0.1) is 0 Å². The van der Waals surface area contributed by atoms with Gasteiger partial charge >= 0.3 is 0 Å². The molecule has 3 atom stereocenters. The quantitative estimate of drug-likeness (QED) is 0.909. The smallest absolute Gasteiger partial charge is 0.0586 e. The van der Waals surface area contributed by atoms with Gasteiger partial charge in [-0.2, -0.15) is 0 Å². The number of nitrogens with one attached hydrogen (secondary N) is 1. The minimum absolute atomic E-state index is 0.488. The van der Waals surface area contributed by atoms with Crippen LogP contribution >= 0.6 is 0 Å². The second kappa shape index (κ2) is 6.70. The molecule has 1 saturated carbocycles. The van der Waals surface area contributed by atoms with E-state index in [9.17, 15) is 0 Å². The van der Waals surface area contributed by atoms with Crippen LogP contribution in [0, 0.1) is 0 Å². The van der Waals surface area contributed by atoms with E-state index in [2.05, 4.69) is 40.5 Å². The molecule has 0 bridgehead atoms. The highest BCUT2D eigenvalue weighted by Crippen LogP contribution is 2.27. The van der Waals surface area contributed by atoms with Gasteiger partial charge < -0.3 is 10.1 Å². The van der Waals surface area contributed by atoms with E-state index in [1.54, 1.807) is 0 Å². The van der Waals surface area contributed by atoms with Gasteiger partial charge in [-0.25, -0.2) is 0 Å². The Morgan fingerprint density at radius 1 is 1.25 bits per heavy atom. The van der Waals surface area contributed by atoms with Crippen LogP contribution in [0.5, 0.6) is 0 Å². The fraction of sp³-hybridized carbons (Fsp3) is 0.647. The number of piperazine rings is 1. The van der Waals surface area contributed by atoms with Gasteiger partial charge in [-0.1, -0.05) is 30.3 Å². The lowest BCUT2D eigenvalue weighted by Gasteiger charge is -2.37. The second-order valence-electron chi connectivity index (χ2n) is 6.16. The molecular formula is C17H26N2O. The molecule has 3 nitrogen and oxygen atoms in total. The molecule has 0 spiro atoms. The minimum atomic E-state index is 0.488. The summed E-state index contributed by atoms with van der Waals surface area (Å²) in [4.78, 5) is 2.68. The van der Waals surface area contributed by atoms with Gasteiger partial charge in [0.2, 0.25) is 0 Å². The van der Waals surface area contributed by atoms with Crippen LogP contribution in [0.25, 0.3) is 0 Å². The van der Waals surface area contributed by atoms with Crippen molar-refractivity contribution in [2.75, 3.05) is 26.7 Å². The Morgan fingerprint density at radius 2 is 2.10 bits per heavy atom. The molecule has 1 aliphatic carbocycles. The molecular weight excluding hydrogens is 248 g/mol. The maximum atomic E-state index is 5.51. The summed E-state index contributed by atoms with van der Waals surface area (Å²) < 4.78 is 5.51. The fourth-order valence-corrected chi connectivity index (χ4v) is 3.68. The van der Waals surface area contributed by atoms with E-state index in [4.69, 9.17) is 4.74 Å². The van der Waals surface area contributed by atoms with E-state index in [0.717, 1.165) is 19.0 Å². The number of nitrogens with zero attached hydrogens (tertiary/aromatic N) is 1. The first-order valence-electron chi connectivity index (χ1n) is 7.89. The summed E-state index contributed by atoms with van der Waals surface area (Å²) in [5, 5.41) is 3.67. The molecule has 3 rings (SSSR count). The Balaban J connectivity index is 1.54. The third-order valence-electron chi connectivity index (χ3n) is 4.82. The summed E-state index contributed by atoms with van der Waals surface area (Å²) in [6, 6.07) is 12.2. The molecule has 1 aliphatic heterocycles. The molecule has 2 fully saturated rings. The molecule has 1 saturated heterocycles. The van der Waals surface area contributed by atoms with Crippen molar-refractivity contribution in [3.05, 3.63) is 35.9 Å². The van der Waals surface area contributed by atoms with Crippen molar-refractivity contribution in [3.8, 4) is 0 Å². The van der Waals surface area contributed by atoms with Crippen LogP contribution in [-0.2, 0) is 11.2 Å². The van der Waals surface area contributed by atoms with Crippen molar-refractivity contribution in [3.63, 3.8) is 0 Å². The van der Waals surface area contributed by atoms with E-state index in [1.807, 2.05) is 7.11 Å². The van der Waals surface area contributed by atoms with E-state index < -0.39 is 0 Å². The summed E-state index contributed by atoms with van der Waals surface area (Å²) in [6.45, 7) is 3.48. The Bertz CT molecular complexity index is 409. The third kappa shape index (κ3) is 3.40. The lowest BCUT2D eigenvalue weighted by Crippen LogP contribution is -2.54. The fourth-order valence-electron chi connectivity index (χ4n) is 3.68. The number of hydrogen-bond donors (Lipinski definition) is 1. The van der Waals surface area contributed by atoms with Crippen molar-refractivity contribution >= 4 is 0 Å². The number of methoxy groups -OCH3 is 1. The average Bonchev–Trinajstić information content (AvgIpc) is 2.98. The largest absolute Gasteiger partial charge is 0.381 e. The summed E-state index contributed by atoms with van der Waals surface area (Å²) in [5.74, 6) is 0. The van der Waals surface area contributed by atoms with Crippen molar-refractivity contribution < 1.29 is 4.74 Å². The second-order valence-corrected chi connectivity index (χ2v) is 6.16. The summed E-state index contributed by atoms with van der Waals surface area (Å²) in [6.07, 6.45) is 5.37. The highest BCUT2D eigenvalue weighted by Gasteiger charge is 2.31. The standard InChI is InChI=1S/C17H26N2O/c1-20-17-8-7-16(12-17)19-10-9-18-15(13-19)11-14-5-3-2-4-6-14/h2-6,15-18H,7-13H2,1H3. The van der Waals surface area contributed by atoms with E-state index >= 15 is 0 Å². The summed E-state index contributed by atoms with van der Waals surface area (Å²) in [7, 11) is 1.85. The van der Waals surface area contributed by atoms with Crippen LogP contribution in [0.3, 0.4) is 0 Å². The van der Waals surface area contributed by atoms with Gasteiger partial charge in [-0.05, 0) is 31.2 Å². The lowest BCUT2D eigenvalue weighted by atomic mass is 10.0. The van der Waals surface area contributed by atoms with E-state index in [1.165, 1.54) is 37.9 Å². The first-order valence-corrected chi connectivity index (χ1v) is 7.89. The van der Waals surface area contributed by atoms with Gasteiger partial charge in [0.1, 0.15) is 0 Å². The molecule has 2 aliphatic rings. The van der Waals surface area contributed by atoms with Gasteiger partial charge in [0, 0.05) is 38.8 Å². The molecule has 1 aromatic carbocycles. The van der Waals surface area contributed by atoms with Gasteiger partial charge in [0.15, 0.2) is 0 Å². The third-order valence-corrected chi connectivity index (χ3v) is 4.82. The molecule has 0 amide bonds. The summed E-state index contributed by atoms with van der Waals surface area (Å²) >= 11 is 0. The van der Waals surface area contributed by atoms with Gasteiger partial charge in [0.25, 0.3) is 0 Å². The zero-order valence-electron chi connectivity index (χ0n) is 12.4. The Labute approximate surface area is 122 Å². The topological polar surface area (TPSA) is 24.5 Å². The first kappa shape index (κ1) is 14.1. The van der Waals surface area contributed by atoms with Crippen molar-refractivity contribution in [1.82, 2.24) is 10.2 Å². The zero-order valence-corrected chi connectivity index (χ0v) is 12.4. The van der Waals surface area contributed by atoms with Crippen molar-refractivity contribution in [2.24, 2.45) is 0 Å². The average molecular weight is 274 g/mol. The first-order chi connectivity index (χ1) is 9.85.